The van der Waals surface area contributed by atoms with E-state index in [0.717, 1.165) is 48.6 Å². The van der Waals surface area contributed by atoms with E-state index in [9.17, 15) is 10.2 Å². The number of aromatic amines is 1. The minimum atomic E-state index is -0.156. The molecule has 0 bridgehead atoms. The van der Waals surface area contributed by atoms with E-state index in [4.69, 9.17) is 4.74 Å². The van der Waals surface area contributed by atoms with Crippen molar-refractivity contribution in [2.75, 3.05) is 31.2 Å². The Kier molecular flexibility index (Phi) is 3.31. The molecule has 1 saturated heterocycles. The predicted molar refractivity (Wildman–Crippen MR) is 87.9 cm³/mol. The molecule has 4 rings (SSSR count). The maximum atomic E-state index is 9.64. The zero-order chi connectivity index (χ0) is 15.8. The minimum absolute atomic E-state index is 0.139. The van der Waals surface area contributed by atoms with E-state index in [1.165, 1.54) is 12.1 Å². The second-order valence-corrected chi connectivity index (χ2v) is 5.59. The number of hydrogen-bond donors (Lipinski definition) is 3. The maximum absolute atomic E-state index is 9.64. The molecule has 23 heavy (non-hydrogen) atoms. The molecule has 118 valence electrons. The highest BCUT2D eigenvalue weighted by Crippen LogP contribution is 2.31. The lowest BCUT2D eigenvalue weighted by Gasteiger charge is -2.28. The molecule has 0 unspecified atom stereocenters. The SMILES string of the molecule is Oc1ccc(-c2nc3ccc(N4CCOCC4)cc3[nH]2)cc1O. The van der Waals surface area contributed by atoms with Crippen LogP contribution in [-0.4, -0.2) is 46.5 Å². The molecule has 2 aromatic carbocycles. The number of aromatic hydroxyl groups is 2. The second kappa shape index (κ2) is 5.48. The zero-order valence-corrected chi connectivity index (χ0v) is 12.5. The lowest BCUT2D eigenvalue weighted by molar-refractivity contribution is 0.122. The van der Waals surface area contributed by atoms with Crippen LogP contribution < -0.4 is 4.90 Å². The zero-order valence-electron chi connectivity index (χ0n) is 12.5. The van der Waals surface area contributed by atoms with Crippen LogP contribution in [0.4, 0.5) is 5.69 Å². The van der Waals surface area contributed by atoms with Crippen molar-refractivity contribution in [1.82, 2.24) is 9.97 Å². The number of fused-ring (bicyclic) bond motifs is 1. The van der Waals surface area contributed by atoms with Crippen LogP contribution in [0.15, 0.2) is 36.4 Å². The van der Waals surface area contributed by atoms with Crippen molar-refractivity contribution in [1.29, 1.82) is 0 Å². The molecule has 1 aliphatic rings. The van der Waals surface area contributed by atoms with Gasteiger partial charge in [-0.1, -0.05) is 0 Å². The summed E-state index contributed by atoms with van der Waals surface area (Å²) in [6.45, 7) is 3.27. The van der Waals surface area contributed by atoms with Crippen LogP contribution in [0.5, 0.6) is 11.5 Å². The Bertz CT molecular complexity index is 853. The van der Waals surface area contributed by atoms with E-state index in [-0.39, 0.29) is 11.5 Å². The van der Waals surface area contributed by atoms with Crippen molar-refractivity contribution in [3.63, 3.8) is 0 Å². The molecule has 6 nitrogen and oxygen atoms in total. The third-order valence-corrected chi connectivity index (χ3v) is 4.09. The molecule has 0 spiro atoms. The topological polar surface area (TPSA) is 81.6 Å². The molecule has 1 aliphatic heterocycles. The van der Waals surface area contributed by atoms with Crippen molar-refractivity contribution in [3.8, 4) is 22.9 Å². The van der Waals surface area contributed by atoms with E-state index >= 15 is 0 Å². The van der Waals surface area contributed by atoms with Gasteiger partial charge in [-0.05, 0) is 36.4 Å². The number of anilines is 1. The first kappa shape index (κ1) is 13.9. The number of phenolic OH excluding ortho intramolecular Hbond substituents is 2. The number of benzene rings is 2. The number of rotatable bonds is 2. The molecule has 3 N–H and O–H groups in total. The van der Waals surface area contributed by atoms with Crippen molar-refractivity contribution in [3.05, 3.63) is 36.4 Å². The molecule has 1 fully saturated rings. The van der Waals surface area contributed by atoms with Gasteiger partial charge < -0.3 is 24.8 Å². The highest BCUT2D eigenvalue weighted by molar-refractivity contribution is 5.83. The maximum Gasteiger partial charge on any atom is 0.158 e. The summed E-state index contributed by atoms with van der Waals surface area (Å²) < 4.78 is 5.39. The van der Waals surface area contributed by atoms with Gasteiger partial charge in [0.2, 0.25) is 0 Å². The monoisotopic (exact) mass is 311 g/mol. The minimum Gasteiger partial charge on any atom is -0.504 e. The molecule has 0 saturated carbocycles. The lowest BCUT2D eigenvalue weighted by atomic mass is 10.2. The van der Waals surface area contributed by atoms with E-state index in [1.54, 1.807) is 6.07 Å². The number of phenols is 2. The van der Waals surface area contributed by atoms with Crippen LogP contribution in [0.2, 0.25) is 0 Å². The Balaban J connectivity index is 1.71. The summed E-state index contributed by atoms with van der Waals surface area (Å²) in [7, 11) is 0. The van der Waals surface area contributed by atoms with Gasteiger partial charge in [0.25, 0.3) is 0 Å². The number of ether oxygens (including phenoxy) is 1. The Morgan fingerprint density at radius 3 is 2.61 bits per heavy atom. The van der Waals surface area contributed by atoms with Crippen molar-refractivity contribution in [2.45, 2.75) is 0 Å². The smallest absolute Gasteiger partial charge is 0.158 e. The van der Waals surface area contributed by atoms with Crippen LogP contribution in [0.3, 0.4) is 0 Å². The van der Waals surface area contributed by atoms with E-state index in [0.29, 0.717) is 5.82 Å². The van der Waals surface area contributed by atoms with Crippen LogP contribution in [0.1, 0.15) is 0 Å². The fraction of sp³-hybridized carbons (Fsp3) is 0.235. The average Bonchev–Trinajstić information content (AvgIpc) is 3.01. The third-order valence-electron chi connectivity index (χ3n) is 4.09. The van der Waals surface area contributed by atoms with Gasteiger partial charge >= 0.3 is 0 Å². The summed E-state index contributed by atoms with van der Waals surface area (Å²) in [6, 6.07) is 10.8. The molecule has 0 radical (unpaired) electrons. The van der Waals surface area contributed by atoms with Gasteiger partial charge in [0.05, 0.1) is 24.2 Å². The van der Waals surface area contributed by atoms with E-state index < -0.39 is 0 Å². The van der Waals surface area contributed by atoms with Gasteiger partial charge in [0, 0.05) is 24.3 Å². The first-order valence-corrected chi connectivity index (χ1v) is 7.55. The average molecular weight is 311 g/mol. The van der Waals surface area contributed by atoms with Gasteiger partial charge in [-0.3, -0.25) is 0 Å². The van der Waals surface area contributed by atoms with Crippen LogP contribution in [0, 0.1) is 0 Å². The van der Waals surface area contributed by atoms with Crippen molar-refractivity contribution < 1.29 is 14.9 Å². The molecule has 0 amide bonds. The quantitative estimate of drug-likeness (QED) is 0.633. The molecular weight excluding hydrogens is 294 g/mol. The van der Waals surface area contributed by atoms with Crippen LogP contribution in [-0.2, 0) is 4.74 Å². The van der Waals surface area contributed by atoms with Crippen LogP contribution in [0.25, 0.3) is 22.4 Å². The highest BCUT2D eigenvalue weighted by atomic mass is 16.5. The summed E-state index contributed by atoms with van der Waals surface area (Å²) in [4.78, 5) is 10.1. The molecule has 0 aliphatic carbocycles. The Morgan fingerprint density at radius 1 is 1.00 bits per heavy atom. The fourth-order valence-electron chi connectivity index (χ4n) is 2.82. The van der Waals surface area contributed by atoms with Gasteiger partial charge in [0.15, 0.2) is 11.5 Å². The third kappa shape index (κ3) is 2.57. The first-order valence-electron chi connectivity index (χ1n) is 7.55. The van der Waals surface area contributed by atoms with Gasteiger partial charge in [-0.15, -0.1) is 0 Å². The highest BCUT2D eigenvalue weighted by Gasteiger charge is 2.13. The number of aromatic nitrogens is 2. The van der Waals surface area contributed by atoms with Crippen LogP contribution >= 0.6 is 0 Å². The largest absolute Gasteiger partial charge is 0.504 e. The van der Waals surface area contributed by atoms with Crippen molar-refractivity contribution >= 4 is 16.7 Å². The summed E-state index contributed by atoms with van der Waals surface area (Å²) in [5, 5.41) is 19.1. The molecule has 1 aromatic heterocycles. The van der Waals surface area contributed by atoms with Gasteiger partial charge in [-0.2, -0.15) is 0 Å². The predicted octanol–water partition coefficient (Wildman–Crippen LogP) is 2.48. The molecular formula is C17H17N3O3. The number of imidazole rings is 1. The van der Waals surface area contributed by atoms with E-state index in [2.05, 4.69) is 27.0 Å². The van der Waals surface area contributed by atoms with E-state index in [1.807, 2.05) is 6.07 Å². The Hall–Kier alpha value is -2.73. The molecule has 2 heterocycles. The number of nitrogens with one attached hydrogen (secondary N) is 1. The molecule has 0 atom stereocenters. The summed E-state index contributed by atoms with van der Waals surface area (Å²) in [5.41, 5.74) is 3.68. The number of nitrogens with zero attached hydrogens (tertiary/aromatic N) is 2. The summed E-state index contributed by atoms with van der Waals surface area (Å²) in [5.74, 6) is 0.367. The standard InChI is InChI=1S/C17H17N3O3/c21-15-4-1-11(9-16(15)22)17-18-13-3-2-12(10-14(13)19-17)20-5-7-23-8-6-20/h1-4,9-10,21-22H,5-8H2,(H,18,19). The Labute approximate surface area is 133 Å². The second-order valence-electron chi connectivity index (χ2n) is 5.59. The molecule has 3 aromatic rings. The summed E-state index contributed by atoms with van der Waals surface area (Å²) in [6.07, 6.45) is 0. The normalized spacial score (nSPS) is 15.2. The van der Waals surface area contributed by atoms with Crippen molar-refractivity contribution in [2.24, 2.45) is 0 Å². The Morgan fingerprint density at radius 2 is 1.83 bits per heavy atom. The van der Waals surface area contributed by atoms with Gasteiger partial charge in [0.1, 0.15) is 5.82 Å². The summed E-state index contributed by atoms with van der Waals surface area (Å²) >= 11 is 0. The number of hydrogen-bond acceptors (Lipinski definition) is 5. The number of morpholine rings is 1. The lowest BCUT2D eigenvalue weighted by Crippen LogP contribution is -2.36. The molecule has 6 heteroatoms. The fourth-order valence-corrected chi connectivity index (χ4v) is 2.82. The first-order chi connectivity index (χ1) is 11.2. The number of H-pyrrole nitrogens is 1. The van der Waals surface area contributed by atoms with Gasteiger partial charge in [-0.25, -0.2) is 4.98 Å².